The van der Waals surface area contributed by atoms with Crippen LogP contribution in [-0.2, 0) is 13.1 Å². The Morgan fingerprint density at radius 1 is 0.806 bits per heavy atom. The number of nitro groups is 1. The van der Waals surface area contributed by atoms with Crippen LogP contribution >= 0.6 is 0 Å². The van der Waals surface area contributed by atoms with Gasteiger partial charge in [0.1, 0.15) is 5.82 Å². The highest BCUT2D eigenvalue weighted by Gasteiger charge is 2.19. The Hall–Kier alpha value is -4.26. The summed E-state index contributed by atoms with van der Waals surface area (Å²) in [6, 6.07) is 26.8. The van der Waals surface area contributed by atoms with Crippen molar-refractivity contribution in [2.24, 2.45) is 0 Å². The molecule has 0 aliphatic heterocycles. The normalized spacial score (nSPS) is 10.5. The molecule has 0 atom stereocenters. The maximum absolute atomic E-state index is 11.6. The van der Waals surface area contributed by atoms with Crippen LogP contribution < -0.4 is 10.2 Å². The van der Waals surface area contributed by atoms with E-state index in [1.807, 2.05) is 36.4 Å². The summed E-state index contributed by atoms with van der Waals surface area (Å²) >= 11 is 0. The molecule has 0 spiro atoms. The van der Waals surface area contributed by atoms with Crippen LogP contribution in [-0.4, -0.2) is 14.9 Å². The second kappa shape index (κ2) is 9.49. The molecule has 0 bridgehead atoms. The van der Waals surface area contributed by atoms with Gasteiger partial charge in [0.25, 0.3) is 0 Å². The molecule has 0 saturated carbocycles. The van der Waals surface area contributed by atoms with E-state index in [9.17, 15) is 10.1 Å². The van der Waals surface area contributed by atoms with Gasteiger partial charge in [-0.1, -0.05) is 60.7 Å². The van der Waals surface area contributed by atoms with Crippen LogP contribution in [0.15, 0.2) is 97.3 Å². The van der Waals surface area contributed by atoms with Gasteiger partial charge >= 0.3 is 5.69 Å². The van der Waals surface area contributed by atoms with Gasteiger partial charge in [0.05, 0.1) is 4.92 Å². The van der Waals surface area contributed by atoms with Gasteiger partial charge in [0.15, 0.2) is 0 Å². The quantitative estimate of drug-likeness (QED) is 0.311. The van der Waals surface area contributed by atoms with Crippen molar-refractivity contribution in [2.75, 3.05) is 10.2 Å². The summed E-state index contributed by atoms with van der Waals surface area (Å²) in [5, 5.41) is 14.6. The fourth-order valence-electron chi connectivity index (χ4n) is 3.25. The van der Waals surface area contributed by atoms with Crippen molar-refractivity contribution in [1.82, 2.24) is 9.97 Å². The third-order valence-electron chi connectivity index (χ3n) is 4.76. The third-order valence-corrected chi connectivity index (χ3v) is 4.76. The van der Waals surface area contributed by atoms with Gasteiger partial charge in [-0.05, 0) is 29.3 Å². The van der Waals surface area contributed by atoms with Crippen molar-refractivity contribution in [3.63, 3.8) is 0 Å². The lowest BCUT2D eigenvalue weighted by Crippen LogP contribution is -2.23. The van der Waals surface area contributed by atoms with Crippen LogP contribution in [0.5, 0.6) is 0 Å². The van der Waals surface area contributed by atoms with Gasteiger partial charge in [-0.2, -0.15) is 0 Å². The van der Waals surface area contributed by atoms with E-state index in [0.29, 0.717) is 24.6 Å². The Morgan fingerprint density at radius 3 is 1.94 bits per heavy atom. The molecule has 7 heteroatoms. The Balaban J connectivity index is 1.70. The van der Waals surface area contributed by atoms with Crippen molar-refractivity contribution < 1.29 is 4.92 Å². The summed E-state index contributed by atoms with van der Waals surface area (Å²) < 4.78 is 0. The number of nitrogens with zero attached hydrogens (tertiary/aromatic N) is 4. The molecule has 2 aromatic heterocycles. The van der Waals surface area contributed by atoms with E-state index in [-0.39, 0.29) is 11.5 Å². The van der Waals surface area contributed by atoms with Crippen molar-refractivity contribution in [2.45, 2.75) is 13.1 Å². The van der Waals surface area contributed by atoms with Gasteiger partial charge in [-0.25, -0.2) is 4.98 Å². The number of rotatable bonds is 8. The molecule has 0 aliphatic rings. The predicted molar refractivity (Wildman–Crippen MR) is 121 cm³/mol. The Kier molecular flexibility index (Phi) is 6.13. The molecule has 0 fully saturated rings. The summed E-state index contributed by atoms with van der Waals surface area (Å²) in [6.45, 7) is 1.24. The lowest BCUT2D eigenvalue weighted by molar-refractivity contribution is -0.384. The highest BCUT2D eigenvalue weighted by molar-refractivity contribution is 5.67. The number of pyridine rings is 2. The number of hydrogen-bond donors (Lipinski definition) is 1. The number of nitrogens with one attached hydrogen (secondary N) is 1. The summed E-state index contributed by atoms with van der Waals surface area (Å²) in [7, 11) is 0. The lowest BCUT2D eigenvalue weighted by atomic mass is 10.1. The topological polar surface area (TPSA) is 84.2 Å². The number of hydrogen-bond acceptors (Lipinski definition) is 6. The minimum absolute atomic E-state index is 0.0834. The molecule has 0 radical (unpaired) electrons. The zero-order valence-corrected chi connectivity index (χ0v) is 16.8. The summed E-state index contributed by atoms with van der Waals surface area (Å²) in [6.07, 6.45) is 3.24. The molecule has 4 rings (SSSR count). The van der Waals surface area contributed by atoms with Crippen molar-refractivity contribution in [3.8, 4) is 0 Å². The molecule has 7 nitrogen and oxygen atoms in total. The highest BCUT2D eigenvalue weighted by Crippen LogP contribution is 2.29. The molecule has 31 heavy (non-hydrogen) atoms. The maximum Gasteiger partial charge on any atom is 0.311 e. The molecular weight excluding hydrogens is 390 g/mol. The minimum atomic E-state index is -0.432. The molecular formula is C24H21N5O2. The molecule has 1 N–H and O–H groups in total. The second-order valence-electron chi connectivity index (χ2n) is 6.98. The minimum Gasteiger partial charge on any atom is -0.348 e. The molecule has 0 amide bonds. The number of benzene rings is 2. The first-order chi connectivity index (χ1) is 15.2. The van der Waals surface area contributed by atoms with Crippen molar-refractivity contribution in [1.29, 1.82) is 0 Å². The van der Waals surface area contributed by atoms with E-state index in [1.165, 1.54) is 6.07 Å². The van der Waals surface area contributed by atoms with E-state index >= 15 is 0 Å². The third kappa shape index (κ3) is 5.22. The van der Waals surface area contributed by atoms with E-state index in [4.69, 9.17) is 0 Å². The van der Waals surface area contributed by atoms with Gasteiger partial charge in [-0.3, -0.25) is 15.1 Å². The van der Waals surface area contributed by atoms with Crippen LogP contribution in [0.25, 0.3) is 0 Å². The predicted octanol–water partition coefficient (Wildman–Crippen LogP) is 5.34. The monoisotopic (exact) mass is 411 g/mol. The van der Waals surface area contributed by atoms with Crippen molar-refractivity contribution in [3.05, 3.63) is 119 Å². The van der Waals surface area contributed by atoms with Gasteiger partial charge < -0.3 is 10.2 Å². The van der Waals surface area contributed by atoms with E-state index in [0.717, 1.165) is 11.1 Å². The van der Waals surface area contributed by atoms with Gasteiger partial charge in [0, 0.05) is 37.2 Å². The van der Waals surface area contributed by atoms with E-state index < -0.39 is 4.92 Å². The summed E-state index contributed by atoms with van der Waals surface area (Å²) in [5.74, 6) is 0.842. The number of anilines is 3. The Morgan fingerprint density at radius 2 is 1.39 bits per heavy atom. The first kappa shape index (κ1) is 20.0. The van der Waals surface area contributed by atoms with Crippen LogP contribution in [0.2, 0.25) is 0 Å². The molecule has 2 aromatic carbocycles. The van der Waals surface area contributed by atoms with Crippen LogP contribution in [0.3, 0.4) is 0 Å². The zero-order valence-electron chi connectivity index (χ0n) is 16.8. The van der Waals surface area contributed by atoms with Gasteiger partial charge in [0.2, 0.25) is 5.82 Å². The Labute approximate surface area is 180 Å². The first-order valence-electron chi connectivity index (χ1n) is 9.84. The average molecular weight is 411 g/mol. The zero-order chi connectivity index (χ0) is 21.5. The molecule has 0 unspecified atom stereocenters. The first-order valence-corrected chi connectivity index (χ1v) is 9.84. The fourth-order valence-corrected chi connectivity index (χ4v) is 3.25. The molecule has 2 heterocycles. The van der Waals surface area contributed by atoms with Gasteiger partial charge in [-0.15, -0.1) is 0 Å². The van der Waals surface area contributed by atoms with E-state index in [2.05, 4.69) is 44.5 Å². The van der Waals surface area contributed by atoms with Crippen LogP contribution in [0.4, 0.5) is 23.0 Å². The standard InChI is InChI=1S/C24H21N5O2/c30-29(31)22-11-12-23(27-24(22)26-21-13-15-25-16-14-21)28(17-19-7-3-1-4-8-19)18-20-9-5-2-6-10-20/h1-16H,17-18H2,(H,25,26,27). The Bertz CT molecular complexity index is 1100. The molecule has 4 aromatic rings. The summed E-state index contributed by atoms with van der Waals surface area (Å²) in [5.41, 5.74) is 2.85. The lowest BCUT2D eigenvalue weighted by Gasteiger charge is -2.24. The highest BCUT2D eigenvalue weighted by atomic mass is 16.6. The van der Waals surface area contributed by atoms with Crippen LogP contribution in [0.1, 0.15) is 11.1 Å². The smallest absolute Gasteiger partial charge is 0.311 e. The molecule has 0 saturated heterocycles. The number of aromatic nitrogens is 2. The average Bonchev–Trinajstić information content (AvgIpc) is 2.80. The van der Waals surface area contributed by atoms with Crippen LogP contribution in [0, 0.1) is 10.1 Å². The largest absolute Gasteiger partial charge is 0.348 e. The summed E-state index contributed by atoms with van der Waals surface area (Å²) in [4.78, 5) is 21.9. The van der Waals surface area contributed by atoms with E-state index in [1.54, 1.807) is 30.6 Å². The molecule has 154 valence electrons. The second-order valence-corrected chi connectivity index (χ2v) is 6.98. The fraction of sp³-hybridized carbons (Fsp3) is 0.0833. The SMILES string of the molecule is O=[N+]([O-])c1ccc(N(Cc2ccccc2)Cc2ccccc2)nc1Nc1ccncc1. The molecule has 0 aliphatic carbocycles. The van der Waals surface area contributed by atoms with Crippen molar-refractivity contribution >= 4 is 23.0 Å². The maximum atomic E-state index is 11.6.